The number of benzene rings is 1. The Bertz CT molecular complexity index is 1600. The van der Waals surface area contributed by atoms with E-state index in [2.05, 4.69) is 20.6 Å². The van der Waals surface area contributed by atoms with Crippen molar-refractivity contribution in [1.82, 2.24) is 19.9 Å². The number of carbonyl (C=O) groups is 1. The average molecular weight is 615 g/mol. The molecule has 2 aromatic heterocycles. The van der Waals surface area contributed by atoms with Crippen molar-refractivity contribution in [1.29, 1.82) is 0 Å². The number of hydrogen-bond acceptors (Lipinski definition) is 7. The number of sulfonamides is 1. The molecule has 0 spiro atoms. The first-order valence-electron chi connectivity index (χ1n) is 11.5. The van der Waals surface area contributed by atoms with Gasteiger partial charge in [-0.3, -0.25) is 18.2 Å². The molecule has 0 fully saturated rings. The van der Waals surface area contributed by atoms with Crippen molar-refractivity contribution in [3.05, 3.63) is 65.1 Å². The SMILES string of the molecule is CC(=O)NCCNc1cnc(-n2ccc3cc(N(CP(=O)(O)O)S(=O)(=O)C4C=C(Cl)C=C(Cl)C4)ccc32)cn1. The van der Waals surface area contributed by atoms with Gasteiger partial charge in [-0.25, -0.2) is 18.4 Å². The number of rotatable bonds is 10. The lowest BCUT2D eigenvalue weighted by atomic mass is 10.2. The van der Waals surface area contributed by atoms with Crippen LogP contribution < -0.4 is 14.9 Å². The van der Waals surface area contributed by atoms with Gasteiger partial charge in [-0.1, -0.05) is 23.2 Å². The summed E-state index contributed by atoms with van der Waals surface area (Å²) in [5, 5.41) is 5.46. The summed E-state index contributed by atoms with van der Waals surface area (Å²) in [5.74, 6) is 0.890. The van der Waals surface area contributed by atoms with Crippen LogP contribution >= 0.6 is 30.8 Å². The van der Waals surface area contributed by atoms with Gasteiger partial charge in [0.1, 0.15) is 17.4 Å². The molecule has 0 bridgehead atoms. The third-order valence-electron chi connectivity index (χ3n) is 5.69. The maximum absolute atomic E-state index is 13.5. The molecule has 0 radical (unpaired) electrons. The number of nitrogens with one attached hydrogen (secondary N) is 2. The van der Waals surface area contributed by atoms with E-state index in [4.69, 9.17) is 23.2 Å². The highest BCUT2D eigenvalue weighted by atomic mass is 35.5. The first-order valence-corrected chi connectivity index (χ1v) is 15.6. The Morgan fingerprint density at radius 1 is 1.21 bits per heavy atom. The van der Waals surface area contributed by atoms with E-state index in [1.54, 1.807) is 35.3 Å². The summed E-state index contributed by atoms with van der Waals surface area (Å²) >= 11 is 12.1. The van der Waals surface area contributed by atoms with E-state index < -0.39 is 29.2 Å². The van der Waals surface area contributed by atoms with Gasteiger partial charge in [-0.15, -0.1) is 0 Å². The molecular weight excluding hydrogens is 590 g/mol. The molecule has 2 heterocycles. The van der Waals surface area contributed by atoms with Crippen LogP contribution in [0, 0.1) is 0 Å². The second-order valence-corrected chi connectivity index (χ2v) is 13.3. The number of nitrogens with zero attached hydrogens (tertiary/aromatic N) is 4. The van der Waals surface area contributed by atoms with Crippen LogP contribution in [0.4, 0.5) is 11.5 Å². The monoisotopic (exact) mass is 614 g/mol. The summed E-state index contributed by atoms with van der Waals surface area (Å²) in [5.41, 5.74) is 0.739. The van der Waals surface area contributed by atoms with Crippen molar-refractivity contribution in [3.8, 4) is 5.82 Å². The molecule has 4 rings (SSSR count). The topological polar surface area (TPSA) is 167 Å². The van der Waals surface area contributed by atoms with E-state index in [9.17, 15) is 27.6 Å². The van der Waals surface area contributed by atoms with E-state index in [-0.39, 0.29) is 28.1 Å². The van der Waals surface area contributed by atoms with Crippen molar-refractivity contribution in [2.24, 2.45) is 0 Å². The highest BCUT2D eigenvalue weighted by Crippen LogP contribution is 2.41. The Morgan fingerprint density at radius 3 is 2.62 bits per heavy atom. The van der Waals surface area contributed by atoms with Gasteiger partial charge in [-0.2, -0.15) is 0 Å². The maximum atomic E-state index is 13.5. The highest BCUT2D eigenvalue weighted by Gasteiger charge is 2.36. The third-order valence-corrected chi connectivity index (χ3v) is 9.05. The summed E-state index contributed by atoms with van der Waals surface area (Å²) in [7, 11) is -9.11. The van der Waals surface area contributed by atoms with E-state index in [0.29, 0.717) is 39.9 Å². The van der Waals surface area contributed by atoms with Gasteiger partial charge in [-0.05, 0) is 36.4 Å². The summed E-state index contributed by atoms with van der Waals surface area (Å²) in [6, 6.07) is 6.34. The molecule has 16 heteroatoms. The number of hydrogen-bond donors (Lipinski definition) is 4. The zero-order chi connectivity index (χ0) is 28.4. The molecule has 0 saturated carbocycles. The lowest BCUT2D eigenvalue weighted by Crippen LogP contribution is -2.39. The predicted molar refractivity (Wildman–Crippen MR) is 151 cm³/mol. The third kappa shape index (κ3) is 7.18. The number of amides is 1. The van der Waals surface area contributed by atoms with Crippen LogP contribution in [0.2, 0.25) is 0 Å². The standard InChI is InChI=1S/C23H25Cl2N6O6PS/c1-15(32)26-5-6-27-22-12-29-23(13-28-22)30-7-4-16-8-19(2-3-21(16)30)31(14-38(33,34)35)39(36,37)20-10-17(24)9-18(25)11-20/h2-4,7-10,12-13,20H,5-6,11,14H2,1H3,(H,26,32)(H,27,28)(H2,33,34,35). The van der Waals surface area contributed by atoms with Gasteiger partial charge in [0, 0.05) is 48.1 Å². The summed E-state index contributed by atoms with van der Waals surface area (Å²) < 4.78 is 41.4. The number of allylic oxidation sites excluding steroid dienone is 3. The van der Waals surface area contributed by atoms with Gasteiger partial charge in [0.2, 0.25) is 15.9 Å². The van der Waals surface area contributed by atoms with Crippen molar-refractivity contribution in [3.63, 3.8) is 0 Å². The van der Waals surface area contributed by atoms with E-state index in [1.165, 1.54) is 31.2 Å². The molecule has 1 aliphatic carbocycles. The molecule has 1 aliphatic rings. The molecule has 12 nitrogen and oxygen atoms in total. The van der Waals surface area contributed by atoms with Gasteiger partial charge in [0.05, 0.1) is 23.6 Å². The Kier molecular flexibility index (Phi) is 8.69. The quantitative estimate of drug-likeness (QED) is 0.198. The van der Waals surface area contributed by atoms with Crippen LogP contribution in [0.25, 0.3) is 16.7 Å². The Labute approximate surface area is 234 Å². The maximum Gasteiger partial charge on any atom is 0.345 e. The normalized spacial score (nSPS) is 16.0. The summed E-state index contributed by atoms with van der Waals surface area (Å²) in [4.78, 5) is 39.0. The molecule has 208 valence electrons. The zero-order valence-electron chi connectivity index (χ0n) is 20.5. The van der Waals surface area contributed by atoms with Gasteiger partial charge < -0.3 is 20.4 Å². The van der Waals surface area contributed by atoms with Crippen LogP contribution in [0.5, 0.6) is 0 Å². The number of halogens is 2. The molecule has 0 aliphatic heterocycles. The molecule has 1 aromatic carbocycles. The van der Waals surface area contributed by atoms with Crippen LogP contribution in [0.3, 0.4) is 0 Å². The summed E-state index contributed by atoms with van der Waals surface area (Å²) in [6.45, 7) is 2.35. The number of aromatic nitrogens is 3. The second kappa shape index (κ2) is 11.7. The van der Waals surface area contributed by atoms with Crippen LogP contribution in [-0.4, -0.2) is 63.3 Å². The minimum absolute atomic E-state index is 0.0728. The Hall–Kier alpha value is -2.93. The van der Waals surface area contributed by atoms with Crippen molar-refractivity contribution in [2.45, 2.75) is 18.6 Å². The van der Waals surface area contributed by atoms with Crippen molar-refractivity contribution in [2.75, 3.05) is 29.0 Å². The van der Waals surface area contributed by atoms with E-state index in [0.717, 1.165) is 0 Å². The first-order chi connectivity index (χ1) is 18.3. The molecule has 4 N–H and O–H groups in total. The predicted octanol–water partition coefficient (Wildman–Crippen LogP) is 3.26. The van der Waals surface area contributed by atoms with E-state index >= 15 is 0 Å². The van der Waals surface area contributed by atoms with Crippen LogP contribution in [-0.2, 0) is 19.4 Å². The van der Waals surface area contributed by atoms with Gasteiger partial charge >= 0.3 is 7.60 Å². The Balaban J connectivity index is 1.61. The average Bonchev–Trinajstić information content (AvgIpc) is 3.27. The molecule has 1 atom stereocenters. The highest BCUT2D eigenvalue weighted by molar-refractivity contribution is 7.93. The number of carbonyl (C=O) groups excluding carboxylic acids is 1. The van der Waals surface area contributed by atoms with Crippen LogP contribution in [0.15, 0.2) is 65.1 Å². The van der Waals surface area contributed by atoms with Gasteiger partial charge in [0.15, 0.2) is 5.82 Å². The minimum atomic E-state index is -4.79. The second-order valence-electron chi connectivity index (χ2n) is 8.68. The minimum Gasteiger partial charge on any atom is -0.367 e. The molecule has 1 unspecified atom stereocenters. The van der Waals surface area contributed by atoms with Crippen molar-refractivity contribution < 1.29 is 27.6 Å². The Morgan fingerprint density at radius 2 is 1.97 bits per heavy atom. The van der Waals surface area contributed by atoms with Gasteiger partial charge in [0.25, 0.3) is 0 Å². The fourth-order valence-electron chi connectivity index (χ4n) is 3.97. The fraction of sp³-hybridized carbons (Fsp3) is 0.261. The largest absolute Gasteiger partial charge is 0.367 e. The first kappa shape index (κ1) is 29.1. The number of fused-ring (bicyclic) bond motifs is 1. The lowest BCUT2D eigenvalue weighted by Gasteiger charge is -2.29. The zero-order valence-corrected chi connectivity index (χ0v) is 23.8. The van der Waals surface area contributed by atoms with Crippen LogP contribution in [0.1, 0.15) is 13.3 Å². The summed E-state index contributed by atoms with van der Waals surface area (Å²) in [6.07, 6.45) is 6.41. The smallest absolute Gasteiger partial charge is 0.345 e. The molecule has 39 heavy (non-hydrogen) atoms. The number of anilines is 2. The fourth-order valence-corrected chi connectivity index (χ4v) is 7.79. The molecule has 3 aromatic rings. The lowest BCUT2D eigenvalue weighted by molar-refractivity contribution is -0.118. The van der Waals surface area contributed by atoms with Crippen molar-refractivity contribution >= 4 is 69.1 Å². The molecular formula is C23H25Cl2N6O6PS. The van der Waals surface area contributed by atoms with E-state index in [1.807, 2.05) is 0 Å². The molecule has 0 saturated heterocycles. The molecule has 1 amide bonds.